The van der Waals surface area contributed by atoms with Crippen molar-refractivity contribution in [1.82, 2.24) is 5.32 Å². The molecule has 1 aliphatic rings. The first-order valence-electron chi connectivity index (χ1n) is 8.88. The van der Waals surface area contributed by atoms with Crippen LogP contribution in [0.5, 0.6) is 17.2 Å². The lowest BCUT2D eigenvalue weighted by Gasteiger charge is -2.25. The number of rotatable bonds is 6. The van der Waals surface area contributed by atoms with E-state index in [0.29, 0.717) is 19.6 Å². The predicted molar refractivity (Wildman–Crippen MR) is 99.9 cm³/mol. The minimum atomic E-state index is -0.0865. The largest absolute Gasteiger partial charge is 0.497 e. The molecule has 0 saturated heterocycles. The van der Waals surface area contributed by atoms with E-state index in [-0.39, 0.29) is 17.9 Å². The quantitative estimate of drug-likeness (QED) is 0.861. The molecule has 1 atom stereocenters. The van der Waals surface area contributed by atoms with Gasteiger partial charge in [0, 0.05) is 0 Å². The molecule has 2 aromatic carbocycles. The number of hydrogen-bond acceptors (Lipinski definition) is 4. The molecule has 1 amide bonds. The summed E-state index contributed by atoms with van der Waals surface area (Å²) in [5, 5.41) is 3.15. The van der Waals surface area contributed by atoms with Crippen molar-refractivity contribution in [2.24, 2.45) is 5.92 Å². The second-order valence-corrected chi connectivity index (χ2v) is 6.72. The number of hydrogen-bond donors (Lipinski definition) is 1. The predicted octanol–water partition coefficient (Wildman–Crippen LogP) is 3.52. The van der Waals surface area contributed by atoms with Crippen LogP contribution in [0.1, 0.15) is 31.0 Å². The maximum atomic E-state index is 12.5. The highest BCUT2D eigenvalue weighted by molar-refractivity contribution is 5.79. The zero-order valence-electron chi connectivity index (χ0n) is 15.5. The first-order chi connectivity index (χ1) is 12.6. The third-order valence-electron chi connectivity index (χ3n) is 4.43. The normalized spacial score (nSPS) is 14.0. The molecule has 5 nitrogen and oxygen atoms in total. The number of carbonyl (C=O) groups excluding carboxylic acids is 1. The van der Waals surface area contributed by atoms with E-state index in [1.54, 1.807) is 7.11 Å². The van der Waals surface area contributed by atoms with Gasteiger partial charge in [-0.2, -0.15) is 0 Å². The van der Waals surface area contributed by atoms with Gasteiger partial charge in [-0.25, -0.2) is 0 Å². The molecule has 0 radical (unpaired) electrons. The summed E-state index contributed by atoms with van der Waals surface area (Å²) in [6.45, 7) is 5.30. The van der Waals surface area contributed by atoms with Crippen LogP contribution in [0.3, 0.4) is 0 Å². The van der Waals surface area contributed by atoms with Gasteiger partial charge in [-0.1, -0.05) is 32.0 Å². The molecular formula is C21H25NO4. The summed E-state index contributed by atoms with van der Waals surface area (Å²) >= 11 is 0. The van der Waals surface area contributed by atoms with E-state index in [4.69, 9.17) is 14.2 Å². The Morgan fingerprint density at radius 1 is 1.08 bits per heavy atom. The highest BCUT2D eigenvalue weighted by Gasteiger charge is 2.21. The molecule has 0 bridgehead atoms. The number of benzene rings is 2. The fourth-order valence-corrected chi connectivity index (χ4v) is 3.04. The van der Waals surface area contributed by atoms with Gasteiger partial charge in [0.2, 0.25) is 5.91 Å². The summed E-state index contributed by atoms with van der Waals surface area (Å²) in [6, 6.07) is 13.3. The van der Waals surface area contributed by atoms with Crippen LogP contribution in [0.4, 0.5) is 0 Å². The summed E-state index contributed by atoms with van der Waals surface area (Å²) in [5.41, 5.74) is 1.97. The Bertz CT molecular complexity index is 755. The molecule has 1 N–H and O–H groups in total. The second-order valence-electron chi connectivity index (χ2n) is 6.72. The molecule has 0 saturated carbocycles. The highest BCUT2D eigenvalue weighted by Crippen LogP contribution is 2.34. The van der Waals surface area contributed by atoms with Gasteiger partial charge in [0.15, 0.2) is 11.5 Å². The molecular weight excluding hydrogens is 330 g/mol. The van der Waals surface area contributed by atoms with Crippen LogP contribution in [0.15, 0.2) is 42.5 Å². The van der Waals surface area contributed by atoms with E-state index in [9.17, 15) is 4.79 Å². The molecule has 0 aliphatic carbocycles. The average molecular weight is 355 g/mol. The van der Waals surface area contributed by atoms with Crippen molar-refractivity contribution >= 4 is 5.91 Å². The van der Waals surface area contributed by atoms with Crippen molar-refractivity contribution in [2.75, 3.05) is 20.3 Å². The summed E-state index contributed by atoms with van der Waals surface area (Å²) in [5.74, 6) is 2.52. The minimum absolute atomic E-state index is 0.0104. The smallest absolute Gasteiger partial charge is 0.224 e. The molecule has 0 unspecified atom stereocenters. The van der Waals surface area contributed by atoms with Gasteiger partial charge in [-0.3, -0.25) is 4.79 Å². The summed E-state index contributed by atoms with van der Waals surface area (Å²) in [6.07, 6.45) is 0.331. The molecule has 26 heavy (non-hydrogen) atoms. The number of methoxy groups -OCH3 is 1. The van der Waals surface area contributed by atoms with E-state index in [1.165, 1.54) is 0 Å². The van der Waals surface area contributed by atoms with Crippen molar-refractivity contribution in [3.05, 3.63) is 53.6 Å². The van der Waals surface area contributed by atoms with Crippen molar-refractivity contribution in [3.8, 4) is 17.2 Å². The SMILES string of the molecule is COc1ccc(CC(=O)N[C@H](c2ccc3c(c2)OCCO3)C(C)C)cc1. The molecule has 1 aliphatic heterocycles. The van der Waals surface area contributed by atoms with Gasteiger partial charge in [0.05, 0.1) is 19.6 Å². The van der Waals surface area contributed by atoms with Crippen molar-refractivity contribution < 1.29 is 19.0 Å². The lowest BCUT2D eigenvalue weighted by molar-refractivity contribution is -0.121. The van der Waals surface area contributed by atoms with Gasteiger partial charge >= 0.3 is 0 Å². The highest BCUT2D eigenvalue weighted by atomic mass is 16.6. The zero-order valence-corrected chi connectivity index (χ0v) is 15.5. The third kappa shape index (κ3) is 4.28. The maximum absolute atomic E-state index is 12.5. The van der Waals surface area contributed by atoms with E-state index in [1.807, 2.05) is 42.5 Å². The first kappa shape index (κ1) is 18.1. The Morgan fingerprint density at radius 3 is 2.42 bits per heavy atom. The van der Waals surface area contributed by atoms with Crippen LogP contribution in [-0.4, -0.2) is 26.2 Å². The third-order valence-corrected chi connectivity index (χ3v) is 4.43. The van der Waals surface area contributed by atoms with E-state index >= 15 is 0 Å². The number of nitrogens with one attached hydrogen (secondary N) is 1. The number of carbonyl (C=O) groups is 1. The number of amides is 1. The van der Waals surface area contributed by atoms with Gasteiger partial charge in [-0.15, -0.1) is 0 Å². The average Bonchev–Trinajstić information content (AvgIpc) is 2.66. The Balaban J connectivity index is 1.70. The van der Waals surface area contributed by atoms with Crippen LogP contribution < -0.4 is 19.5 Å². The van der Waals surface area contributed by atoms with Gasteiger partial charge in [0.1, 0.15) is 19.0 Å². The summed E-state index contributed by atoms with van der Waals surface area (Å²) < 4.78 is 16.4. The van der Waals surface area contributed by atoms with E-state index < -0.39 is 0 Å². The molecule has 0 spiro atoms. The molecule has 1 heterocycles. The van der Waals surface area contributed by atoms with Crippen LogP contribution in [0.25, 0.3) is 0 Å². The maximum Gasteiger partial charge on any atom is 0.224 e. The van der Waals surface area contributed by atoms with Gasteiger partial charge in [0.25, 0.3) is 0 Å². The standard InChI is InChI=1S/C21H25NO4/c1-14(2)21(16-6-9-18-19(13-16)26-11-10-25-18)22-20(23)12-15-4-7-17(24-3)8-5-15/h4-9,13-14,21H,10-12H2,1-3H3,(H,22,23)/t21-/m0/s1. The van der Waals surface area contributed by atoms with Crippen LogP contribution >= 0.6 is 0 Å². The van der Waals surface area contributed by atoms with Crippen molar-refractivity contribution in [1.29, 1.82) is 0 Å². The lowest BCUT2D eigenvalue weighted by Crippen LogP contribution is -2.33. The van der Waals surface area contributed by atoms with E-state index in [0.717, 1.165) is 28.4 Å². The fraction of sp³-hybridized carbons (Fsp3) is 0.381. The Hall–Kier alpha value is -2.69. The van der Waals surface area contributed by atoms with Gasteiger partial charge in [-0.05, 0) is 41.3 Å². The number of fused-ring (bicyclic) bond motifs is 1. The minimum Gasteiger partial charge on any atom is -0.497 e. The summed E-state index contributed by atoms with van der Waals surface area (Å²) in [7, 11) is 1.63. The van der Waals surface area contributed by atoms with Crippen LogP contribution in [0, 0.1) is 5.92 Å². The summed E-state index contributed by atoms with van der Waals surface area (Å²) in [4.78, 5) is 12.5. The number of ether oxygens (including phenoxy) is 3. The monoisotopic (exact) mass is 355 g/mol. The Kier molecular flexibility index (Phi) is 5.66. The fourth-order valence-electron chi connectivity index (χ4n) is 3.04. The van der Waals surface area contributed by atoms with Crippen LogP contribution in [-0.2, 0) is 11.2 Å². The van der Waals surface area contributed by atoms with Crippen LogP contribution in [0.2, 0.25) is 0 Å². The molecule has 2 aromatic rings. The topological polar surface area (TPSA) is 56.8 Å². The molecule has 5 heteroatoms. The molecule has 3 rings (SSSR count). The lowest BCUT2D eigenvalue weighted by atomic mass is 9.95. The second kappa shape index (κ2) is 8.13. The van der Waals surface area contributed by atoms with Gasteiger partial charge < -0.3 is 19.5 Å². The first-order valence-corrected chi connectivity index (χ1v) is 8.88. The molecule has 0 aromatic heterocycles. The van der Waals surface area contributed by atoms with Crippen molar-refractivity contribution in [3.63, 3.8) is 0 Å². The molecule has 138 valence electrons. The van der Waals surface area contributed by atoms with Crippen molar-refractivity contribution in [2.45, 2.75) is 26.3 Å². The Labute approximate surface area is 154 Å². The Morgan fingerprint density at radius 2 is 1.77 bits per heavy atom. The van der Waals surface area contributed by atoms with E-state index in [2.05, 4.69) is 19.2 Å². The molecule has 0 fully saturated rings. The zero-order chi connectivity index (χ0) is 18.5.